The number of thioether (sulfide) groups is 1. The number of hydrogen-bond acceptors (Lipinski definition) is 2. The lowest BCUT2D eigenvalue weighted by atomic mass is 10.2. The molecule has 96 valence electrons. The minimum atomic E-state index is -4.72. The van der Waals surface area contributed by atoms with Crippen molar-refractivity contribution in [1.82, 2.24) is 0 Å². The van der Waals surface area contributed by atoms with E-state index in [9.17, 15) is 17.6 Å². The maximum atomic E-state index is 13.5. The molecule has 0 saturated heterocycles. The summed E-state index contributed by atoms with van der Waals surface area (Å²) in [7, 11) is 0. The summed E-state index contributed by atoms with van der Waals surface area (Å²) >= 11 is 0.912. The third kappa shape index (κ3) is 3.52. The summed E-state index contributed by atoms with van der Waals surface area (Å²) < 4.78 is 56.4. The first-order chi connectivity index (χ1) is 7.75. The Morgan fingerprint density at radius 1 is 1.24 bits per heavy atom. The smallest absolute Gasteiger partial charge is 0.419 e. The van der Waals surface area contributed by atoms with Gasteiger partial charge in [-0.1, -0.05) is 0 Å². The van der Waals surface area contributed by atoms with Crippen molar-refractivity contribution < 1.29 is 22.3 Å². The molecule has 1 aromatic rings. The molecule has 0 aromatic heterocycles. The summed E-state index contributed by atoms with van der Waals surface area (Å²) in [5.74, 6) is -1.22. The van der Waals surface area contributed by atoms with Crippen molar-refractivity contribution in [3.05, 3.63) is 23.5 Å². The van der Waals surface area contributed by atoms with E-state index in [1.165, 1.54) is 12.3 Å². The molecule has 0 aliphatic rings. The molecule has 1 aromatic carbocycles. The van der Waals surface area contributed by atoms with Crippen LogP contribution in [0.1, 0.15) is 19.4 Å². The lowest BCUT2D eigenvalue weighted by molar-refractivity contribution is -0.140. The van der Waals surface area contributed by atoms with Gasteiger partial charge >= 0.3 is 6.18 Å². The van der Waals surface area contributed by atoms with Gasteiger partial charge in [0.05, 0.1) is 11.7 Å². The summed E-state index contributed by atoms with van der Waals surface area (Å²) in [6, 6.07) is 1.96. The first-order valence-electron chi connectivity index (χ1n) is 4.87. The molecule has 0 heterocycles. The van der Waals surface area contributed by atoms with Crippen LogP contribution in [-0.2, 0) is 6.18 Å². The highest BCUT2D eigenvalue weighted by atomic mass is 32.2. The van der Waals surface area contributed by atoms with Gasteiger partial charge in [-0.25, -0.2) is 4.39 Å². The predicted molar refractivity (Wildman–Crippen MR) is 58.9 cm³/mol. The fourth-order valence-electron chi connectivity index (χ4n) is 1.27. The number of hydrogen-bond donors (Lipinski definition) is 0. The molecule has 0 amide bonds. The van der Waals surface area contributed by atoms with Crippen LogP contribution < -0.4 is 4.74 Å². The number of ether oxygens (including phenoxy) is 1. The summed E-state index contributed by atoms with van der Waals surface area (Å²) in [5.41, 5.74) is -1.29. The van der Waals surface area contributed by atoms with Crippen molar-refractivity contribution in [2.24, 2.45) is 0 Å². The van der Waals surface area contributed by atoms with Crippen molar-refractivity contribution in [3.8, 4) is 5.75 Å². The third-order valence-corrected chi connectivity index (χ3v) is 2.65. The molecular formula is C11H12F4OS. The van der Waals surface area contributed by atoms with E-state index in [0.29, 0.717) is 6.07 Å². The molecule has 0 aliphatic carbocycles. The van der Waals surface area contributed by atoms with Crippen molar-refractivity contribution >= 4 is 11.8 Å². The normalized spacial score (nSPS) is 12.0. The minimum Gasteiger partial charge on any atom is -0.491 e. The minimum absolute atomic E-state index is 0.0260. The van der Waals surface area contributed by atoms with Gasteiger partial charge < -0.3 is 4.74 Å². The van der Waals surface area contributed by atoms with E-state index in [2.05, 4.69) is 0 Å². The van der Waals surface area contributed by atoms with Crippen LogP contribution >= 0.6 is 11.8 Å². The molecule has 0 N–H and O–H groups in total. The van der Waals surface area contributed by atoms with Crippen LogP contribution in [-0.4, -0.2) is 12.4 Å². The Hall–Kier alpha value is -0.910. The number of rotatable bonds is 3. The van der Waals surface area contributed by atoms with Crippen molar-refractivity contribution in [2.75, 3.05) is 6.26 Å². The Kier molecular flexibility index (Phi) is 4.30. The molecule has 0 unspecified atom stereocenters. The molecule has 17 heavy (non-hydrogen) atoms. The van der Waals surface area contributed by atoms with E-state index in [0.717, 1.165) is 11.8 Å². The Labute approximate surface area is 101 Å². The van der Waals surface area contributed by atoms with Gasteiger partial charge in [0.2, 0.25) is 0 Å². The standard InChI is InChI=1S/C11H12F4OS/c1-6(2)16-7-4-8(11(13,14)15)10(12)9(5-7)17-3/h4-6H,1-3H3. The molecule has 0 aliphatic heterocycles. The van der Waals surface area contributed by atoms with E-state index in [4.69, 9.17) is 4.74 Å². The number of alkyl halides is 3. The SMILES string of the molecule is CSc1cc(OC(C)C)cc(C(F)(F)F)c1F. The fourth-order valence-corrected chi connectivity index (χ4v) is 1.79. The van der Waals surface area contributed by atoms with Gasteiger partial charge in [-0.2, -0.15) is 13.2 Å². The van der Waals surface area contributed by atoms with Gasteiger partial charge in [0.1, 0.15) is 11.6 Å². The molecular weight excluding hydrogens is 256 g/mol. The molecule has 0 saturated carbocycles. The lowest BCUT2D eigenvalue weighted by Crippen LogP contribution is -2.11. The summed E-state index contributed by atoms with van der Waals surface area (Å²) in [6.45, 7) is 3.38. The Balaban J connectivity index is 3.29. The fraction of sp³-hybridized carbons (Fsp3) is 0.455. The van der Waals surface area contributed by atoms with Crippen LogP contribution in [0.5, 0.6) is 5.75 Å². The molecule has 1 rings (SSSR count). The van der Waals surface area contributed by atoms with Crippen LogP contribution in [0, 0.1) is 5.82 Å². The van der Waals surface area contributed by atoms with Gasteiger partial charge in [0.15, 0.2) is 0 Å². The number of halogens is 4. The average molecular weight is 268 g/mol. The van der Waals surface area contributed by atoms with Gasteiger partial charge in [0, 0.05) is 4.90 Å². The van der Waals surface area contributed by atoms with E-state index in [1.807, 2.05) is 0 Å². The second kappa shape index (κ2) is 5.16. The Bertz CT molecular complexity index is 401. The largest absolute Gasteiger partial charge is 0.491 e. The third-order valence-electron chi connectivity index (χ3n) is 1.91. The van der Waals surface area contributed by atoms with E-state index in [1.54, 1.807) is 13.8 Å². The quantitative estimate of drug-likeness (QED) is 0.595. The Morgan fingerprint density at radius 3 is 2.24 bits per heavy atom. The van der Waals surface area contributed by atoms with Gasteiger partial charge in [-0.15, -0.1) is 11.8 Å². The second-order valence-electron chi connectivity index (χ2n) is 3.65. The van der Waals surface area contributed by atoms with Crippen molar-refractivity contribution in [3.63, 3.8) is 0 Å². The average Bonchev–Trinajstić information content (AvgIpc) is 2.17. The highest BCUT2D eigenvalue weighted by Gasteiger charge is 2.35. The maximum Gasteiger partial charge on any atom is 0.419 e. The molecule has 0 fully saturated rings. The van der Waals surface area contributed by atoms with Gasteiger partial charge in [-0.3, -0.25) is 0 Å². The van der Waals surface area contributed by atoms with Crippen molar-refractivity contribution in [1.29, 1.82) is 0 Å². The summed E-state index contributed by atoms with van der Waals surface area (Å²) in [4.78, 5) is -0.0736. The van der Waals surface area contributed by atoms with E-state index < -0.39 is 17.6 Å². The molecule has 6 heteroatoms. The Morgan fingerprint density at radius 2 is 1.82 bits per heavy atom. The monoisotopic (exact) mass is 268 g/mol. The van der Waals surface area contributed by atoms with Crippen molar-refractivity contribution in [2.45, 2.75) is 31.0 Å². The highest BCUT2D eigenvalue weighted by Crippen LogP contribution is 2.38. The molecule has 0 spiro atoms. The topological polar surface area (TPSA) is 9.23 Å². The van der Waals surface area contributed by atoms with Gasteiger partial charge in [-0.05, 0) is 32.2 Å². The summed E-state index contributed by atoms with van der Waals surface area (Å²) in [5, 5.41) is 0. The number of benzene rings is 1. The zero-order valence-electron chi connectivity index (χ0n) is 9.56. The van der Waals surface area contributed by atoms with E-state index in [-0.39, 0.29) is 16.7 Å². The van der Waals surface area contributed by atoms with E-state index >= 15 is 0 Å². The first kappa shape index (κ1) is 14.2. The molecule has 1 nitrogen and oxygen atoms in total. The predicted octanol–water partition coefficient (Wildman–Crippen LogP) is 4.35. The van der Waals surface area contributed by atoms with Crippen LogP contribution in [0.25, 0.3) is 0 Å². The lowest BCUT2D eigenvalue weighted by Gasteiger charge is -2.15. The highest BCUT2D eigenvalue weighted by molar-refractivity contribution is 7.98. The van der Waals surface area contributed by atoms with Crippen LogP contribution in [0.15, 0.2) is 17.0 Å². The second-order valence-corrected chi connectivity index (χ2v) is 4.50. The molecule has 0 bridgehead atoms. The summed E-state index contributed by atoms with van der Waals surface area (Å²) in [6.07, 6.45) is -3.47. The van der Waals surface area contributed by atoms with Gasteiger partial charge in [0.25, 0.3) is 0 Å². The molecule has 0 radical (unpaired) electrons. The molecule has 0 atom stereocenters. The van der Waals surface area contributed by atoms with Crippen LogP contribution in [0.4, 0.5) is 17.6 Å². The van der Waals surface area contributed by atoms with Crippen LogP contribution in [0.3, 0.4) is 0 Å². The first-order valence-corrected chi connectivity index (χ1v) is 6.09. The zero-order chi connectivity index (χ0) is 13.2. The maximum absolute atomic E-state index is 13.5. The van der Waals surface area contributed by atoms with Crippen LogP contribution in [0.2, 0.25) is 0 Å². The zero-order valence-corrected chi connectivity index (χ0v) is 10.4.